The molecule has 1 N–H and O–H groups in total. The van der Waals surface area contributed by atoms with Crippen LogP contribution in [0.5, 0.6) is 0 Å². The molecule has 0 aromatic heterocycles. The normalized spacial score (nSPS) is 14.4. The summed E-state index contributed by atoms with van der Waals surface area (Å²) in [5.74, 6) is -0.327. The predicted molar refractivity (Wildman–Crippen MR) is 79.1 cm³/mol. The number of hydrogen-bond acceptors (Lipinski definition) is 3. The van der Waals surface area contributed by atoms with E-state index in [1.165, 1.54) is 4.31 Å². The molecular formula is C14H20N2O3S. The van der Waals surface area contributed by atoms with Gasteiger partial charge in [-0.3, -0.25) is 9.10 Å². The van der Waals surface area contributed by atoms with Crippen molar-refractivity contribution in [1.82, 2.24) is 5.32 Å². The number of rotatable bonds is 5. The average Bonchev–Trinajstić information content (AvgIpc) is 2.82. The molecular weight excluding hydrogens is 276 g/mol. The zero-order valence-corrected chi connectivity index (χ0v) is 12.6. The number of carbonyl (C=O) groups is 1. The van der Waals surface area contributed by atoms with Crippen LogP contribution in [-0.4, -0.2) is 33.2 Å². The van der Waals surface area contributed by atoms with Crippen molar-refractivity contribution in [2.75, 3.05) is 23.1 Å². The summed E-state index contributed by atoms with van der Waals surface area (Å²) in [5, 5.41) is 2.64. The summed E-state index contributed by atoms with van der Waals surface area (Å²) >= 11 is 0. The molecule has 0 radical (unpaired) electrons. The first-order valence-electron chi connectivity index (χ1n) is 6.78. The second-order valence-electron chi connectivity index (χ2n) is 5.21. The van der Waals surface area contributed by atoms with Gasteiger partial charge in [0, 0.05) is 19.0 Å². The number of nitrogens with zero attached hydrogens (tertiary/aromatic N) is 1. The lowest BCUT2D eigenvalue weighted by Crippen LogP contribution is -2.38. The van der Waals surface area contributed by atoms with E-state index in [0.29, 0.717) is 6.54 Å². The van der Waals surface area contributed by atoms with Crippen molar-refractivity contribution in [1.29, 1.82) is 0 Å². The van der Waals surface area contributed by atoms with Crippen molar-refractivity contribution in [2.24, 2.45) is 5.92 Å². The Labute approximate surface area is 120 Å². The lowest BCUT2D eigenvalue weighted by molar-refractivity contribution is -0.123. The molecule has 1 aliphatic rings. The molecule has 0 aliphatic carbocycles. The summed E-state index contributed by atoms with van der Waals surface area (Å²) in [6.07, 6.45) is 0.744. The highest BCUT2D eigenvalue weighted by molar-refractivity contribution is 7.92. The van der Waals surface area contributed by atoms with E-state index in [9.17, 15) is 13.2 Å². The summed E-state index contributed by atoms with van der Waals surface area (Å²) in [5.41, 5.74) is 1.82. The number of nitrogens with one attached hydrogen (secondary N) is 1. The van der Waals surface area contributed by atoms with Gasteiger partial charge in [-0.15, -0.1) is 0 Å². The Balaban J connectivity index is 2.00. The maximum atomic E-state index is 12.3. The number of para-hydroxylation sites is 1. The van der Waals surface area contributed by atoms with Crippen molar-refractivity contribution in [3.63, 3.8) is 0 Å². The predicted octanol–water partition coefficient (Wildman–Crippen LogP) is 1.15. The molecule has 0 saturated carbocycles. The lowest BCUT2D eigenvalue weighted by atomic mass is 10.2. The molecule has 1 aliphatic heterocycles. The Morgan fingerprint density at radius 1 is 1.35 bits per heavy atom. The van der Waals surface area contributed by atoms with Gasteiger partial charge < -0.3 is 5.32 Å². The zero-order valence-electron chi connectivity index (χ0n) is 11.8. The van der Waals surface area contributed by atoms with Gasteiger partial charge >= 0.3 is 0 Å². The molecule has 5 nitrogen and oxygen atoms in total. The van der Waals surface area contributed by atoms with Crippen molar-refractivity contribution in [3.8, 4) is 0 Å². The number of anilines is 1. The van der Waals surface area contributed by atoms with E-state index in [4.69, 9.17) is 0 Å². The van der Waals surface area contributed by atoms with Gasteiger partial charge in [-0.25, -0.2) is 8.42 Å². The minimum Gasteiger partial charge on any atom is -0.355 e. The van der Waals surface area contributed by atoms with Gasteiger partial charge in [0.05, 0.1) is 11.4 Å². The summed E-state index contributed by atoms with van der Waals surface area (Å²) < 4.78 is 26.1. The van der Waals surface area contributed by atoms with Gasteiger partial charge in [0.1, 0.15) is 0 Å². The molecule has 0 spiro atoms. The van der Waals surface area contributed by atoms with E-state index >= 15 is 0 Å². The minimum atomic E-state index is -3.38. The number of fused-ring (bicyclic) bond motifs is 1. The highest BCUT2D eigenvalue weighted by Gasteiger charge is 2.28. The van der Waals surface area contributed by atoms with Crippen molar-refractivity contribution >= 4 is 21.6 Å². The summed E-state index contributed by atoms with van der Waals surface area (Å²) in [6.45, 7) is 4.19. The van der Waals surface area contributed by atoms with E-state index in [-0.39, 0.29) is 24.1 Å². The van der Waals surface area contributed by atoms with Crippen LogP contribution in [0.3, 0.4) is 0 Å². The molecule has 1 heterocycles. The second-order valence-corrected chi connectivity index (χ2v) is 7.23. The molecule has 0 bridgehead atoms. The van der Waals surface area contributed by atoms with Gasteiger partial charge in [0.15, 0.2) is 0 Å². The third kappa shape index (κ3) is 3.12. The van der Waals surface area contributed by atoms with E-state index in [1.807, 2.05) is 24.3 Å². The molecule has 0 fully saturated rings. The van der Waals surface area contributed by atoms with Gasteiger partial charge in [0.25, 0.3) is 0 Å². The van der Waals surface area contributed by atoms with Crippen LogP contribution in [0.4, 0.5) is 5.69 Å². The Morgan fingerprint density at radius 3 is 2.75 bits per heavy atom. The number of amides is 1. The first-order valence-corrected chi connectivity index (χ1v) is 8.39. The van der Waals surface area contributed by atoms with Crippen LogP contribution in [0.25, 0.3) is 0 Å². The van der Waals surface area contributed by atoms with Crippen LogP contribution in [0.1, 0.15) is 19.4 Å². The highest BCUT2D eigenvalue weighted by atomic mass is 32.2. The molecule has 6 heteroatoms. The number of hydrogen-bond donors (Lipinski definition) is 1. The Morgan fingerprint density at radius 2 is 2.05 bits per heavy atom. The number of carbonyl (C=O) groups excluding carboxylic acids is 1. The maximum absolute atomic E-state index is 12.3. The fourth-order valence-corrected chi connectivity index (χ4v) is 3.64. The van der Waals surface area contributed by atoms with Gasteiger partial charge in [-0.05, 0) is 18.1 Å². The van der Waals surface area contributed by atoms with E-state index < -0.39 is 10.0 Å². The smallest absolute Gasteiger partial charge is 0.236 e. The van der Waals surface area contributed by atoms with Crippen LogP contribution in [0.15, 0.2) is 24.3 Å². The average molecular weight is 296 g/mol. The molecule has 0 unspecified atom stereocenters. The van der Waals surface area contributed by atoms with Gasteiger partial charge in [-0.2, -0.15) is 0 Å². The molecule has 0 atom stereocenters. The Kier molecular flexibility index (Phi) is 4.32. The molecule has 1 amide bonds. The standard InChI is InChI=1S/C14H20N2O3S/c1-11(2)14(17)15-8-10-20(18,19)16-9-7-12-5-3-4-6-13(12)16/h3-6,11H,7-10H2,1-2H3,(H,15,17). The van der Waals surface area contributed by atoms with Gasteiger partial charge in [-0.1, -0.05) is 32.0 Å². The van der Waals surface area contributed by atoms with Crippen molar-refractivity contribution < 1.29 is 13.2 Å². The molecule has 110 valence electrons. The van der Waals surface area contributed by atoms with Crippen molar-refractivity contribution in [3.05, 3.63) is 29.8 Å². The zero-order chi connectivity index (χ0) is 14.8. The van der Waals surface area contributed by atoms with E-state index in [2.05, 4.69) is 5.32 Å². The quantitative estimate of drug-likeness (QED) is 0.886. The lowest BCUT2D eigenvalue weighted by Gasteiger charge is -2.19. The monoisotopic (exact) mass is 296 g/mol. The summed E-state index contributed by atoms with van der Waals surface area (Å²) in [4.78, 5) is 11.4. The topological polar surface area (TPSA) is 66.5 Å². The fourth-order valence-electron chi connectivity index (χ4n) is 2.21. The maximum Gasteiger partial charge on any atom is 0.236 e. The highest BCUT2D eigenvalue weighted by Crippen LogP contribution is 2.29. The Hall–Kier alpha value is -1.56. The largest absolute Gasteiger partial charge is 0.355 e. The summed E-state index contributed by atoms with van der Waals surface area (Å²) in [6, 6.07) is 7.53. The van der Waals surface area contributed by atoms with Gasteiger partial charge in [0.2, 0.25) is 15.9 Å². The molecule has 20 heavy (non-hydrogen) atoms. The third-order valence-electron chi connectivity index (χ3n) is 3.36. The SMILES string of the molecule is CC(C)C(=O)NCCS(=O)(=O)N1CCc2ccccc21. The fraction of sp³-hybridized carbons (Fsp3) is 0.500. The summed E-state index contributed by atoms with van der Waals surface area (Å²) in [7, 11) is -3.38. The Bertz CT molecular complexity index is 596. The van der Waals surface area contributed by atoms with Crippen LogP contribution in [0.2, 0.25) is 0 Å². The van der Waals surface area contributed by atoms with E-state index in [0.717, 1.165) is 17.7 Å². The molecule has 1 aromatic carbocycles. The van der Waals surface area contributed by atoms with Crippen LogP contribution < -0.4 is 9.62 Å². The van der Waals surface area contributed by atoms with Crippen molar-refractivity contribution in [2.45, 2.75) is 20.3 Å². The van der Waals surface area contributed by atoms with E-state index in [1.54, 1.807) is 13.8 Å². The molecule has 2 rings (SSSR count). The molecule has 1 aromatic rings. The minimum absolute atomic E-state index is 0.0696. The second kappa shape index (κ2) is 5.83. The number of sulfonamides is 1. The van der Waals surface area contributed by atoms with Crippen LogP contribution in [0, 0.1) is 5.92 Å². The first kappa shape index (κ1) is 14.8. The van der Waals surface area contributed by atoms with Crippen LogP contribution >= 0.6 is 0 Å². The molecule has 0 saturated heterocycles. The first-order chi connectivity index (χ1) is 9.42. The van der Waals surface area contributed by atoms with Crippen LogP contribution in [-0.2, 0) is 21.2 Å². The number of benzene rings is 1. The third-order valence-corrected chi connectivity index (χ3v) is 5.13.